The van der Waals surface area contributed by atoms with Crippen molar-refractivity contribution in [1.29, 1.82) is 0 Å². The number of rotatable bonds is 6. The van der Waals surface area contributed by atoms with Crippen molar-refractivity contribution in [3.8, 4) is 0 Å². The van der Waals surface area contributed by atoms with Crippen LogP contribution in [0.15, 0.2) is 70.8 Å². The molecule has 0 saturated carbocycles. The monoisotopic (exact) mass is 292 g/mol. The third-order valence-electron chi connectivity index (χ3n) is 3.15. The van der Waals surface area contributed by atoms with Gasteiger partial charge in [0.05, 0.1) is 5.70 Å². The summed E-state index contributed by atoms with van der Waals surface area (Å²) in [4.78, 5) is 8.57. The minimum atomic E-state index is 0.756. The van der Waals surface area contributed by atoms with Crippen molar-refractivity contribution in [2.24, 2.45) is 9.98 Å². The van der Waals surface area contributed by atoms with Gasteiger partial charge in [0, 0.05) is 23.7 Å². The van der Waals surface area contributed by atoms with E-state index in [2.05, 4.69) is 42.2 Å². The normalized spacial score (nSPS) is 13.1. The molecule has 2 heteroatoms. The fraction of sp³-hybridized carbons (Fsp3) is 0.200. The third-order valence-corrected chi connectivity index (χ3v) is 3.15. The van der Waals surface area contributed by atoms with Crippen LogP contribution in [0.1, 0.15) is 38.8 Å². The van der Waals surface area contributed by atoms with E-state index >= 15 is 0 Å². The Labute approximate surface area is 134 Å². The first-order valence-corrected chi connectivity index (χ1v) is 7.27. The molecule has 0 aliphatic carbocycles. The van der Waals surface area contributed by atoms with Crippen molar-refractivity contribution in [2.75, 3.05) is 0 Å². The highest BCUT2D eigenvalue weighted by Crippen LogP contribution is 2.20. The molecule has 0 aromatic heterocycles. The van der Waals surface area contributed by atoms with Crippen LogP contribution >= 0.6 is 0 Å². The molecule has 0 aliphatic rings. The minimum absolute atomic E-state index is 0.756. The van der Waals surface area contributed by atoms with Crippen LogP contribution in [0.25, 0.3) is 11.3 Å². The van der Waals surface area contributed by atoms with Crippen LogP contribution in [0, 0.1) is 0 Å². The van der Waals surface area contributed by atoms with Gasteiger partial charge >= 0.3 is 0 Å². The number of hydrogen-bond donors (Lipinski definition) is 0. The maximum Gasteiger partial charge on any atom is 0.0630 e. The van der Waals surface area contributed by atoms with E-state index in [9.17, 15) is 0 Å². The molecule has 0 spiro atoms. The number of hydrogen-bond acceptors (Lipinski definition) is 2. The molecule has 0 N–H and O–H groups in total. The Morgan fingerprint density at radius 2 is 1.73 bits per heavy atom. The molecule has 1 aromatic rings. The number of nitrogens with zero attached hydrogens (tertiary/aromatic N) is 2. The number of aliphatic imine (C=N–C) groups is 2. The molecule has 2 nitrogen and oxygen atoms in total. The van der Waals surface area contributed by atoms with E-state index in [4.69, 9.17) is 0 Å². The lowest BCUT2D eigenvalue weighted by Gasteiger charge is -2.05. The molecule has 0 heterocycles. The van der Waals surface area contributed by atoms with Crippen molar-refractivity contribution in [3.63, 3.8) is 0 Å². The van der Waals surface area contributed by atoms with E-state index in [0.29, 0.717) is 0 Å². The van der Waals surface area contributed by atoms with Crippen molar-refractivity contribution >= 4 is 23.7 Å². The summed E-state index contributed by atoms with van der Waals surface area (Å²) in [5, 5.41) is 0. The van der Waals surface area contributed by atoms with Gasteiger partial charge in [0.15, 0.2) is 0 Å². The van der Waals surface area contributed by atoms with Gasteiger partial charge in [-0.2, -0.15) is 0 Å². The van der Waals surface area contributed by atoms with E-state index in [1.807, 2.05) is 51.3 Å². The second-order valence-corrected chi connectivity index (χ2v) is 5.18. The van der Waals surface area contributed by atoms with Crippen molar-refractivity contribution in [3.05, 3.63) is 72.0 Å². The highest BCUT2D eigenvalue weighted by molar-refractivity contribution is 5.86. The molecule has 114 valence electrons. The smallest absolute Gasteiger partial charge is 0.0630 e. The van der Waals surface area contributed by atoms with Gasteiger partial charge in [-0.3, -0.25) is 9.98 Å². The summed E-state index contributed by atoms with van der Waals surface area (Å²) in [6, 6.07) is 8.19. The Balaban J connectivity index is 2.97. The molecule has 0 saturated heterocycles. The first-order valence-electron chi connectivity index (χ1n) is 7.27. The zero-order valence-electron chi connectivity index (χ0n) is 13.9. The van der Waals surface area contributed by atoms with Gasteiger partial charge in [-0.05, 0) is 56.5 Å². The van der Waals surface area contributed by atoms with Crippen molar-refractivity contribution in [1.82, 2.24) is 0 Å². The summed E-state index contributed by atoms with van der Waals surface area (Å²) in [6.45, 7) is 15.7. The SMILES string of the molecule is C=C(C)N=C/C=C(\C)c1cccc(C(=C)N=C/C(C)=C\C)c1. The van der Waals surface area contributed by atoms with Gasteiger partial charge in [0.2, 0.25) is 0 Å². The zero-order valence-corrected chi connectivity index (χ0v) is 13.9. The Hall–Kier alpha value is -2.48. The lowest BCUT2D eigenvalue weighted by molar-refractivity contribution is 1.34. The zero-order chi connectivity index (χ0) is 16.5. The molecule has 1 rings (SSSR count). The quantitative estimate of drug-likeness (QED) is 0.601. The van der Waals surface area contributed by atoms with Crippen LogP contribution in [0.5, 0.6) is 0 Å². The summed E-state index contributed by atoms with van der Waals surface area (Å²) >= 11 is 0. The molecule has 0 unspecified atom stereocenters. The van der Waals surface area contributed by atoms with Crippen LogP contribution in [0.2, 0.25) is 0 Å². The van der Waals surface area contributed by atoms with Crippen LogP contribution in [0.3, 0.4) is 0 Å². The predicted molar refractivity (Wildman–Crippen MR) is 100 cm³/mol. The molecule has 1 aromatic carbocycles. The molecular formula is C20H24N2. The highest BCUT2D eigenvalue weighted by atomic mass is 14.7. The largest absolute Gasteiger partial charge is 0.262 e. The van der Waals surface area contributed by atoms with E-state index in [-0.39, 0.29) is 0 Å². The lowest BCUT2D eigenvalue weighted by atomic mass is 10.0. The Morgan fingerprint density at radius 1 is 1.05 bits per heavy atom. The van der Waals surface area contributed by atoms with Gasteiger partial charge in [0.1, 0.15) is 0 Å². The van der Waals surface area contributed by atoms with Crippen LogP contribution < -0.4 is 0 Å². The minimum Gasteiger partial charge on any atom is -0.262 e. The topological polar surface area (TPSA) is 24.7 Å². The Kier molecular flexibility index (Phi) is 6.97. The van der Waals surface area contributed by atoms with Gasteiger partial charge in [-0.1, -0.05) is 37.4 Å². The third kappa shape index (κ3) is 5.88. The second kappa shape index (κ2) is 8.73. The Bertz CT molecular complexity index is 671. The van der Waals surface area contributed by atoms with Crippen LogP contribution in [0.4, 0.5) is 0 Å². The van der Waals surface area contributed by atoms with Crippen molar-refractivity contribution in [2.45, 2.75) is 27.7 Å². The van der Waals surface area contributed by atoms with E-state index in [1.54, 1.807) is 6.21 Å². The maximum atomic E-state index is 4.41. The molecule has 0 atom stereocenters. The lowest BCUT2D eigenvalue weighted by Crippen LogP contribution is -1.86. The standard InChI is InChI=1S/C20H24N2/c1-7-16(4)14-22-18(6)20-10-8-9-19(13-20)17(5)11-12-21-15(2)3/h7-14H,2,6H2,1,3-5H3/b16-7-,17-11+,21-12?,22-14?. The number of allylic oxidation sites excluding steroid dienone is 5. The van der Waals surface area contributed by atoms with Crippen LogP contribution in [-0.4, -0.2) is 12.4 Å². The average molecular weight is 292 g/mol. The Morgan fingerprint density at radius 3 is 2.36 bits per heavy atom. The highest BCUT2D eigenvalue weighted by Gasteiger charge is 2.00. The van der Waals surface area contributed by atoms with E-state index < -0.39 is 0 Å². The van der Waals surface area contributed by atoms with Gasteiger partial charge in [0.25, 0.3) is 0 Å². The van der Waals surface area contributed by atoms with Gasteiger partial charge in [-0.15, -0.1) is 0 Å². The summed E-state index contributed by atoms with van der Waals surface area (Å²) in [6.07, 6.45) is 7.59. The summed E-state index contributed by atoms with van der Waals surface area (Å²) < 4.78 is 0. The van der Waals surface area contributed by atoms with Gasteiger partial charge < -0.3 is 0 Å². The van der Waals surface area contributed by atoms with E-state index in [0.717, 1.165) is 33.7 Å². The molecule has 0 amide bonds. The summed E-state index contributed by atoms with van der Waals surface area (Å²) in [5.74, 6) is 0. The molecule has 0 fully saturated rings. The predicted octanol–water partition coefficient (Wildman–Crippen LogP) is 5.70. The van der Waals surface area contributed by atoms with Gasteiger partial charge in [-0.25, -0.2) is 0 Å². The molecule has 0 aliphatic heterocycles. The first kappa shape index (κ1) is 17.6. The van der Waals surface area contributed by atoms with E-state index in [1.165, 1.54) is 0 Å². The fourth-order valence-electron chi connectivity index (χ4n) is 1.65. The van der Waals surface area contributed by atoms with Crippen LogP contribution in [-0.2, 0) is 0 Å². The average Bonchev–Trinajstić information content (AvgIpc) is 2.51. The number of benzene rings is 1. The van der Waals surface area contributed by atoms with Crippen molar-refractivity contribution < 1.29 is 0 Å². The molecular weight excluding hydrogens is 268 g/mol. The molecule has 0 radical (unpaired) electrons. The molecule has 0 bridgehead atoms. The summed E-state index contributed by atoms with van der Waals surface area (Å²) in [5.41, 5.74) is 5.94. The second-order valence-electron chi connectivity index (χ2n) is 5.18. The molecule has 22 heavy (non-hydrogen) atoms. The first-order chi connectivity index (χ1) is 10.4. The maximum absolute atomic E-state index is 4.41. The summed E-state index contributed by atoms with van der Waals surface area (Å²) in [7, 11) is 0. The fourth-order valence-corrected chi connectivity index (χ4v) is 1.65.